The van der Waals surface area contributed by atoms with Gasteiger partial charge in [-0.1, -0.05) is 6.07 Å². The quantitative estimate of drug-likeness (QED) is 0.807. The van der Waals surface area contributed by atoms with E-state index < -0.39 is 0 Å². The zero-order chi connectivity index (χ0) is 11.8. The van der Waals surface area contributed by atoms with E-state index in [4.69, 9.17) is 4.74 Å². The highest BCUT2D eigenvalue weighted by Gasteiger charge is 2.21. The Hall–Kier alpha value is -0.870. The number of rotatable bonds is 1. The fourth-order valence-corrected chi connectivity index (χ4v) is 2.92. The Morgan fingerprint density at radius 1 is 1.35 bits per heavy atom. The van der Waals surface area contributed by atoms with Gasteiger partial charge in [-0.05, 0) is 47.3 Å². The summed E-state index contributed by atoms with van der Waals surface area (Å²) >= 11 is 3.55. The van der Waals surface area contributed by atoms with Gasteiger partial charge >= 0.3 is 0 Å². The molecule has 2 aromatic rings. The fourth-order valence-electron chi connectivity index (χ4n) is 2.42. The SMILES string of the molecule is Cc1ccc2c(Br)nc(C3CCOCC3)n2c1. The molecule has 1 saturated heterocycles. The van der Waals surface area contributed by atoms with Crippen molar-refractivity contribution in [2.24, 2.45) is 0 Å². The molecule has 0 bridgehead atoms. The number of imidazole rings is 1. The first-order chi connectivity index (χ1) is 8.25. The van der Waals surface area contributed by atoms with Crippen LogP contribution in [0.1, 0.15) is 30.1 Å². The van der Waals surface area contributed by atoms with Gasteiger partial charge in [-0.25, -0.2) is 4.98 Å². The van der Waals surface area contributed by atoms with Crippen molar-refractivity contribution in [3.05, 3.63) is 34.3 Å². The number of hydrogen-bond acceptors (Lipinski definition) is 2. The molecule has 0 atom stereocenters. The second-order valence-corrected chi connectivity index (χ2v) is 5.36. The lowest BCUT2D eigenvalue weighted by Gasteiger charge is -2.21. The number of aryl methyl sites for hydroxylation is 1. The van der Waals surface area contributed by atoms with Crippen LogP contribution in [-0.2, 0) is 4.74 Å². The van der Waals surface area contributed by atoms with Crippen molar-refractivity contribution >= 4 is 21.4 Å². The molecule has 1 fully saturated rings. The Morgan fingerprint density at radius 2 is 2.12 bits per heavy atom. The standard InChI is InChI=1S/C13H15BrN2O/c1-9-2-3-11-12(14)15-13(16(11)8-9)10-4-6-17-7-5-10/h2-3,8,10H,4-7H2,1H3. The number of ether oxygens (including phenoxy) is 1. The fraction of sp³-hybridized carbons (Fsp3) is 0.462. The van der Waals surface area contributed by atoms with Gasteiger partial charge in [0.1, 0.15) is 10.4 Å². The molecule has 0 radical (unpaired) electrons. The minimum Gasteiger partial charge on any atom is -0.381 e. The third kappa shape index (κ3) is 2.00. The van der Waals surface area contributed by atoms with Crippen LogP contribution >= 0.6 is 15.9 Å². The number of aromatic nitrogens is 2. The summed E-state index contributed by atoms with van der Waals surface area (Å²) in [6.07, 6.45) is 4.30. The minimum absolute atomic E-state index is 0.518. The summed E-state index contributed by atoms with van der Waals surface area (Å²) in [7, 11) is 0. The smallest absolute Gasteiger partial charge is 0.132 e. The number of halogens is 1. The van der Waals surface area contributed by atoms with Gasteiger partial charge in [0.15, 0.2) is 0 Å². The van der Waals surface area contributed by atoms with Crippen molar-refractivity contribution in [1.82, 2.24) is 9.38 Å². The minimum atomic E-state index is 0.518. The predicted octanol–water partition coefficient (Wildman–Crippen LogP) is 3.30. The second-order valence-electron chi connectivity index (χ2n) is 4.61. The third-order valence-electron chi connectivity index (χ3n) is 3.35. The Bertz CT molecular complexity index is 544. The van der Waals surface area contributed by atoms with Gasteiger partial charge in [0.05, 0.1) is 5.52 Å². The van der Waals surface area contributed by atoms with Gasteiger partial charge in [-0.2, -0.15) is 0 Å². The molecule has 0 spiro atoms. The average molecular weight is 295 g/mol. The molecule has 1 aliphatic rings. The van der Waals surface area contributed by atoms with E-state index in [2.05, 4.69) is 50.6 Å². The van der Waals surface area contributed by atoms with Crippen molar-refractivity contribution in [2.75, 3.05) is 13.2 Å². The van der Waals surface area contributed by atoms with Crippen LogP contribution in [0.5, 0.6) is 0 Å². The van der Waals surface area contributed by atoms with E-state index in [1.807, 2.05) is 0 Å². The summed E-state index contributed by atoms with van der Waals surface area (Å²) in [5.74, 6) is 1.68. The van der Waals surface area contributed by atoms with Gasteiger partial charge in [0.25, 0.3) is 0 Å². The molecule has 17 heavy (non-hydrogen) atoms. The Morgan fingerprint density at radius 3 is 2.88 bits per heavy atom. The lowest BCUT2D eigenvalue weighted by atomic mass is 9.99. The molecular weight excluding hydrogens is 280 g/mol. The van der Waals surface area contributed by atoms with Crippen LogP contribution < -0.4 is 0 Å². The van der Waals surface area contributed by atoms with Crippen LogP contribution in [0.3, 0.4) is 0 Å². The van der Waals surface area contributed by atoms with Crippen LogP contribution in [0.15, 0.2) is 22.9 Å². The molecule has 2 aromatic heterocycles. The van der Waals surface area contributed by atoms with E-state index in [0.717, 1.165) is 36.2 Å². The van der Waals surface area contributed by atoms with Crippen LogP contribution in [0.2, 0.25) is 0 Å². The summed E-state index contributed by atoms with van der Waals surface area (Å²) in [6, 6.07) is 4.24. The number of pyridine rings is 1. The van der Waals surface area contributed by atoms with Crippen molar-refractivity contribution in [1.29, 1.82) is 0 Å². The summed E-state index contributed by atoms with van der Waals surface area (Å²) in [5.41, 5.74) is 2.41. The molecule has 90 valence electrons. The van der Waals surface area contributed by atoms with Crippen molar-refractivity contribution in [3.63, 3.8) is 0 Å². The van der Waals surface area contributed by atoms with Gasteiger partial charge in [0, 0.05) is 25.3 Å². The average Bonchev–Trinajstić information content (AvgIpc) is 2.67. The van der Waals surface area contributed by atoms with Gasteiger partial charge in [-0.3, -0.25) is 0 Å². The van der Waals surface area contributed by atoms with Crippen LogP contribution in [-0.4, -0.2) is 22.6 Å². The largest absolute Gasteiger partial charge is 0.381 e. The number of fused-ring (bicyclic) bond motifs is 1. The maximum absolute atomic E-state index is 5.42. The molecule has 3 nitrogen and oxygen atoms in total. The summed E-state index contributed by atoms with van der Waals surface area (Å²) in [5, 5.41) is 0. The van der Waals surface area contributed by atoms with Crippen molar-refractivity contribution < 1.29 is 4.74 Å². The van der Waals surface area contributed by atoms with E-state index in [1.54, 1.807) is 0 Å². The van der Waals surface area contributed by atoms with Crippen LogP contribution in [0.25, 0.3) is 5.52 Å². The van der Waals surface area contributed by atoms with Gasteiger partial charge in [0.2, 0.25) is 0 Å². The first kappa shape index (κ1) is 11.2. The highest BCUT2D eigenvalue weighted by molar-refractivity contribution is 9.10. The first-order valence-electron chi connectivity index (χ1n) is 5.97. The first-order valence-corrected chi connectivity index (χ1v) is 6.77. The van der Waals surface area contributed by atoms with Crippen molar-refractivity contribution in [3.8, 4) is 0 Å². The topological polar surface area (TPSA) is 26.5 Å². The molecule has 0 amide bonds. The highest BCUT2D eigenvalue weighted by atomic mass is 79.9. The van der Waals surface area contributed by atoms with E-state index in [-0.39, 0.29) is 0 Å². The van der Waals surface area contributed by atoms with E-state index in [9.17, 15) is 0 Å². The monoisotopic (exact) mass is 294 g/mol. The Labute approximate surface area is 109 Å². The summed E-state index contributed by atoms with van der Waals surface area (Å²) < 4.78 is 8.58. The third-order valence-corrected chi connectivity index (χ3v) is 3.94. The molecule has 0 aromatic carbocycles. The van der Waals surface area contributed by atoms with Crippen molar-refractivity contribution in [2.45, 2.75) is 25.7 Å². The summed E-state index contributed by atoms with van der Waals surface area (Å²) in [6.45, 7) is 3.81. The molecule has 4 heteroatoms. The Balaban J connectivity index is 2.11. The molecule has 0 N–H and O–H groups in total. The lowest BCUT2D eigenvalue weighted by molar-refractivity contribution is 0.0834. The molecule has 0 saturated carbocycles. The van der Waals surface area contributed by atoms with E-state index in [0.29, 0.717) is 5.92 Å². The maximum atomic E-state index is 5.42. The highest BCUT2D eigenvalue weighted by Crippen LogP contribution is 2.30. The molecule has 3 rings (SSSR count). The van der Waals surface area contributed by atoms with Gasteiger partial charge in [-0.15, -0.1) is 0 Å². The molecule has 1 aliphatic heterocycles. The van der Waals surface area contributed by atoms with E-state index >= 15 is 0 Å². The molecule has 0 aliphatic carbocycles. The second kappa shape index (κ2) is 4.42. The van der Waals surface area contributed by atoms with E-state index in [1.165, 1.54) is 11.4 Å². The lowest BCUT2D eigenvalue weighted by Crippen LogP contribution is -2.16. The molecule has 3 heterocycles. The number of hydrogen-bond donors (Lipinski definition) is 0. The van der Waals surface area contributed by atoms with Crippen LogP contribution in [0, 0.1) is 6.92 Å². The zero-order valence-corrected chi connectivity index (χ0v) is 11.4. The zero-order valence-electron chi connectivity index (χ0n) is 9.82. The van der Waals surface area contributed by atoms with Gasteiger partial charge < -0.3 is 9.14 Å². The predicted molar refractivity (Wildman–Crippen MR) is 70.4 cm³/mol. The maximum Gasteiger partial charge on any atom is 0.132 e. The Kier molecular flexibility index (Phi) is 2.92. The normalized spacial score (nSPS) is 17.8. The number of nitrogens with zero attached hydrogens (tertiary/aromatic N) is 2. The summed E-state index contributed by atoms with van der Waals surface area (Å²) in [4.78, 5) is 4.68. The molecular formula is C13H15BrN2O. The van der Waals surface area contributed by atoms with Crippen LogP contribution in [0.4, 0.5) is 0 Å². The molecule has 0 unspecified atom stereocenters.